The maximum absolute atomic E-state index is 11.2. The molecule has 0 aliphatic rings. The summed E-state index contributed by atoms with van der Waals surface area (Å²) in [7, 11) is 0. The van der Waals surface area contributed by atoms with Crippen molar-refractivity contribution in [3.8, 4) is 0 Å². The van der Waals surface area contributed by atoms with Crippen molar-refractivity contribution in [1.82, 2.24) is 5.32 Å². The van der Waals surface area contributed by atoms with E-state index in [1.807, 2.05) is 0 Å². The highest BCUT2D eigenvalue weighted by atomic mass is 16.4. The summed E-state index contributed by atoms with van der Waals surface area (Å²) in [6.45, 7) is 1.66. The molecule has 2 atom stereocenters. The van der Waals surface area contributed by atoms with Crippen molar-refractivity contribution in [2.24, 2.45) is 5.73 Å². The van der Waals surface area contributed by atoms with Crippen molar-refractivity contribution < 1.29 is 24.6 Å². The molecule has 1 amide bonds. The summed E-state index contributed by atoms with van der Waals surface area (Å²) in [5, 5.41) is 19.1. The molecule has 0 aromatic rings. The smallest absolute Gasteiger partial charge is 0.326 e. The fourth-order valence-corrected chi connectivity index (χ4v) is 0.839. The van der Waals surface area contributed by atoms with Gasteiger partial charge >= 0.3 is 11.9 Å². The molecule has 0 aliphatic carbocycles. The van der Waals surface area contributed by atoms with E-state index in [0.29, 0.717) is 6.42 Å². The predicted molar refractivity (Wildman–Crippen MR) is 50.1 cm³/mol. The summed E-state index contributed by atoms with van der Waals surface area (Å²) in [4.78, 5) is 32.0. The van der Waals surface area contributed by atoms with Gasteiger partial charge in [0.2, 0.25) is 5.91 Å². The molecule has 0 fully saturated rings. The molecular formula is C8H14N2O5. The molecule has 7 nitrogen and oxygen atoms in total. The lowest BCUT2D eigenvalue weighted by molar-refractivity contribution is -0.147. The zero-order valence-electron chi connectivity index (χ0n) is 8.27. The van der Waals surface area contributed by atoms with E-state index >= 15 is 0 Å². The van der Waals surface area contributed by atoms with E-state index in [1.54, 1.807) is 6.92 Å². The summed E-state index contributed by atoms with van der Waals surface area (Å²) < 4.78 is 0. The van der Waals surface area contributed by atoms with Crippen molar-refractivity contribution >= 4 is 17.8 Å². The van der Waals surface area contributed by atoms with E-state index in [1.165, 1.54) is 0 Å². The molecule has 0 spiro atoms. The summed E-state index contributed by atoms with van der Waals surface area (Å²) in [6, 6.07) is -2.26. The van der Waals surface area contributed by atoms with Crippen molar-refractivity contribution in [1.29, 1.82) is 0 Å². The van der Waals surface area contributed by atoms with Crippen LogP contribution in [0.3, 0.4) is 0 Å². The zero-order chi connectivity index (χ0) is 12.0. The lowest BCUT2D eigenvalue weighted by Crippen LogP contribution is -2.48. The highest BCUT2D eigenvalue weighted by Gasteiger charge is 2.24. The minimum absolute atomic E-state index is 0.352. The quantitative estimate of drug-likeness (QED) is 0.441. The van der Waals surface area contributed by atoms with Gasteiger partial charge in [0.05, 0.1) is 12.5 Å². The molecule has 5 N–H and O–H groups in total. The topological polar surface area (TPSA) is 130 Å². The molecule has 0 aliphatic heterocycles. The third-order valence-electron chi connectivity index (χ3n) is 1.77. The lowest BCUT2D eigenvalue weighted by atomic mass is 10.1. The van der Waals surface area contributed by atoms with E-state index in [2.05, 4.69) is 5.32 Å². The SMILES string of the molecule is CC[C@H](N)C(=O)N[C@@H](CC(=O)O)C(=O)O. The lowest BCUT2D eigenvalue weighted by Gasteiger charge is -2.15. The first kappa shape index (κ1) is 13.4. The van der Waals surface area contributed by atoms with Crippen LogP contribution in [-0.4, -0.2) is 40.1 Å². The van der Waals surface area contributed by atoms with Crippen LogP contribution in [0.15, 0.2) is 0 Å². The van der Waals surface area contributed by atoms with Crippen LogP contribution in [-0.2, 0) is 14.4 Å². The summed E-state index contributed by atoms with van der Waals surface area (Å²) in [5.41, 5.74) is 5.34. The van der Waals surface area contributed by atoms with E-state index in [4.69, 9.17) is 15.9 Å². The number of amides is 1. The van der Waals surface area contributed by atoms with Crippen LogP contribution in [0.1, 0.15) is 19.8 Å². The largest absolute Gasteiger partial charge is 0.481 e. The Kier molecular flexibility index (Phi) is 5.32. The molecule has 0 saturated heterocycles. The number of carbonyl (C=O) groups is 3. The van der Waals surface area contributed by atoms with Crippen LogP contribution >= 0.6 is 0 Å². The number of nitrogens with one attached hydrogen (secondary N) is 1. The molecule has 0 radical (unpaired) electrons. The molecule has 0 heterocycles. The Morgan fingerprint density at radius 3 is 2.20 bits per heavy atom. The van der Waals surface area contributed by atoms with Crippen LogP contribution in [0.5, 0.6) is 0 Å². The second-order valence-corrected chi connectivity index (χ2v) is 3.01. The molecule has 0 aromatic heterocycles. The van der Waals surface area contributed by atoms with Gasteiger partial charge in [-0.15, -0.1) is 0 Å². The molecule has 0 rings (SSSR count). The molecule has 0 saturated carbocycles. The second-order valence-electron chi connectivity index (χ2n) is 3.01. The van der Waals surface area contributed by atoms with Gasteiger partial charge in [-0.25, -0.2) is 4.79 Å². The maximum atomic E-state index is 11.2. The maximum Gasteiger partial charge on any atom is 0.326 e. The van der Waals surface area contributed by atoms with Gasteiger partial charge in [0.1, 0.15) is 6.04 Å². The fourth-order valence-electron chi connectivity index (χ4n) is 0.839. The summed E-state index contributed by atoms with van der Waals surface area (Å²) >= 11 is 0. The second kappa shape index (κ2) is 5.97. The Balaban J connectivity index is 4.35. The highest BCUT2D eigenvalue weighted by molar-refractivity contribution is 5.88. The van der Waals surface area contributed by atoms with E-state index < -0.39 is 36.4 Å². The van der Waals surface area contributed by atoms with Gasteiger partial charge in [0, 0.05) is 0 Å². The number of rotatable bonds is 6. The van der Waals surface area contributed by atoms with Gasteiger partial charge in [-0.05, 0) is 6.42 Å². The Morgan fingerprint density at radius 2 is 1.87 bits per heavy atom. The average molecular weight is 218 g/mol. The Bertz CT molecular complexity index is 266. The Morgan fingerprint density at radius 1 is 1.33 bits per heavy atom. The summed E-state index contributed by atoms with van der Waals surface area (Å²) in [6.07, 6.45) is -0.317. The third-order valence-corrected chi connectivity index (χ3v) is 1.77. The van der Waals surface area contributed by atoms with Gasteiger partial charge < -0.3 is 21.3 Å². The number of carbonyl (C=O) groups excluding carboxylic acids is 1. The standard InChI is InChI=1S/C8H14N2O5/c1-2-4(9)7(13)10-5(8(14)15)3-6(11)12/h4-5H,2-3,9H2,1H3,(H,10,13)(H,11,12)(H,14,15)/t4-,5-/m0/s1. The number of hydrogen-bond acceptors (Lipinski definition) is 4. The fraction of sp³-hybridized carbons (Fsp3) is 0.625. The van der Waals surface area contributed by atoms with Crippen molar-refractivity contribution in [2.75, 3.05) is 0 Å². The van der Waals surface area contributed by atoms with Crippen LogP contribution < -0.4 is 11.1 Å². The van der Waals surface area contributed by atoms with Crippen molar-refractivity contribution in [3.63, 3.8) is 0 Å². The van der Waals surface area contributed by atoms with Gasteiger partial charge in [-0.2, -0.15) is 0 Å². The van der Waals surface area contributed by atoms with Crippen LogP contribution in [0.2, 0.25) is 0 Å². The molecule has 0 bridgehead atoms. The molecule has 7 heteroatoms. The van der Waals surface area contributed by atoms with E-state index in [9.17, 15) is 14.4 Å². The Hall–Kier alpha value is -1.63. The minimum Gasteiger partial charge on any atom is -0.481 e. The van der Waals surface area contributed by atoms with Crippen molar-refractivity contribution in [2.45, 2.75) is 31.8 Å². The number of carboxylic acid groups (broad SMARTS) is 2. The first-order valence-corrected chi connectivity index (χ1v) is 4.39. The molecule has 15 heavy (non-hydrogen) atoms. The van der Waals surface area contributed by atoms with Gasteiger partial charge in [0.15, 0.2) is 0 Å². The molecule has 86 valence electrons. The van der Waals surface area contributed by atoms with Crippen molar-refractivity contribution in [3.05, 3.63) is 0 Å². The normalized spacial score (nSPS) is 14.0. The first-order chi connectivity index (χ1) is 6.88. The number of aliphatic carboxylic acids is 2. The predicted octanol–water partition coefficient (Wildman–Crippen LogP) is -1.23. The van der Waals surface area contributed by atoms with E-state index in [0.717, 1.165) is 0 Å². The highest BCUT2D eigenvalue weighted by Crippen LogP contribution is 1.95. The minimum atomic E-state index is -1.44. The number of nitrogens with two attached hydrogens (primary N) is 1. The number of carboxylic acids is 2. The first-order valence-electron chi connectivity index (χ1n) is 4.39. The van der Waals surface area contributed by atoms with Crippen LogP contribution in [0, 0.1) is 0 Å². The van der Waals surface area contributed by atoms with Crippen LogP contribution in [0.4, 0.5) is 0 Å². The monoisotopic (exact) mass is 218 g/mol. The van der Waals surface area contributed by atoms with E-state index in [-0.39, 0.29) is 0 Å². The van der Waals surface area contributed by atoms with Crippen LogP contribution in [0.25, 0.3) is 0 Å². The number of hydrogen-bond donors (Lipinski definition) is 4. The third kappa shape index (κ3) is 4.96. The zero-order valence-corrected chi connectivity index (χ0v) is 8.27. The summed E-state index contributed by atoms with van der Waals surface area (Å²) in [5.74, 6) is -3.35. The van der Waals surface area contributed by atoms with Gasteiger partial charge in [0.25, 0.3) is 0 Å². The average Bonchev–Trinajstić information content (AvgIpc) is 2.14. The van der Waals surface area contributed by atoms with Gasteiger partial charge in [-0.1, -0.05) is 6.92 Å². The Labute approximate surface area is 86.3 Å². The molecular weight excluding hydrogens is 204 g/mol. The molecule has 0 aromatic carbocycles. The molecule has 0 unspecified atom stereocenters. The van der Waals surface area contributed by atoms with Gasteiger partial charge in [-0.3, -0.25) is 9.59 Å².